The Balaban J connectivity index is 1.85. The van der Waals surface area contributed by atoms with Crippen molar-refractivity contribution < 1.29 is 33.2 Å². The first kappa shape index (κ1) is 17.2. The lowest BCUT2D eigenvalue weighted by Gasteiger charge is -2.17. The van der Waals surface area contributed by atoms with E-state index in [1.165, 1.54) is 6.07 Å². The minimum absolute atomic E-state index is 0.176. The molecule has 0 spiro atoms. The first-order valence-electron chi connectivity index (χ1n) is 7.64. The van der Waals surface area contributed by atoms with Crippen LogP contribution in [-0.2, 0) is 16.1 Å². The predicted molar refractivity (Wildman–Crippen MR) is 85.3 cm³/mol. The van der Waals surface area contributed by atoms with Crippen LogP contribution in [0.25, 0.3) is 0 Å². The Hall–Kier alpha value is -2.64. The summed E-state index contributed by atoms with van der Waals surface area (Å²) in [5, 5.41) is 9.11. The van der Waals surface area contributed by atoms with Crippen molar-refractivity contribution in [3.63, 3.8) is 0 Å². The van der Waals surface area contributed by atoms with Crippen molar-refractivity contribution in [2.75, 3.05) is 20.3 Å². The van der Waals surface area contributed by atoms with Crippen molar-refractivity contribution >= 4 is 5.97 Å². The van der Waals surface area contributed by atoms with Gasteiger partial charge < -0.3 is 24.1 Å². The molecule has 0 atom stereocenters. The first-order valence-corrected chi connectivity index (χ1v) is 7.64. The molecular weight excluding hydrogens is 331 g/mol. The van der Waals surface area contributed by atoms with Gasteiger partial charge in [0.1, 0.15) is 23.9 Å². The molecule has 0 amide bonds. The predicted octanol–water partition coefficient (Wildman–Crippen LogP) is 3.16. The van der Waals surface area contributed by atoms with E-state index in [0.29, 0.717) is 24.5 Å². The van der Waals surface area contributed by atoms with E-state index in [0.717, 1.165) is 11.6 Å². The van der Waals surface area contributed by atoms with Gasteiger partial charge in [-0.2, -0.15) is 0 Å². The standard InChI is InChI=1S/C18H17FO6/c1-22-12-4-2-11(3-5-12)10-25-16-9-15(19)13(17(20)21)8-14(16)18-23-6-7-24-18/h2-5,8-9,18H,6-7,10H2,1H3,(H,20,21). The molecular formula is C18H17FO6. The number of aromatic carboxylic acids is 1. The summed E-state index contributed by atoms with van der Waals surface area (Å²) in [7, 11) is 1.58. The summed E-state index contributed by atoms with van der Waals surface area (Å²) in [6.07, 6.45) is -0.774. The zero-order chi connectivity index (χ0) is 17.8. The van der Waals surface area contributed by atoms with E-state index in [1.54, 1.807) is 19.2 Å². The summed E-state index contributed by atoms with van der Waals surface area (Å²) < 4.78 is 35.6. The number of hydrogen-bond donors (Lipinski definition) is 1. The van der Waals surface area contributed by atoms with Crippen LogP contribution in [0.4, 0.5) is 4.39 Å². The lowest BCUT2D eigenvalue weighted by molar-refractivity contribution is -0.0459. The fourth-order valence-electron chi connectivity index (χ4n) is 2.47. The maximum Gasteiger partial charge on any atom is 0.338 e. The van der Waals surface area contributed by atoms with Crippen molar-refractivity contribution in [1.29, 1.82) is 0 Å². The molecule has 25 heavy (non-hydrogen) atoms. The van der Waals surface area contributed by atoms with Gasteiger partial charge in [-0.15, -0.1) is 0 Å². The molecule has 7 heteroatoms. The van der Waals surface area contributed by atoms with E-state index in [9.17, 15) is 9.18 Å². The van der Waals surface area contributed by atoms with Gasteiger partial charge in [0.25, 0.3) is 0 Å². The third kappa shape index (κ3) is 3.89. The molecule has 1 heterocycles. The van der Waals surface area contributed by atoms with Gasteiger partial charge in [0.15, 0.2) is 6.29 Å². The molecule has 0 aromatic heterocycles. The molecule has 1 aliphatic heterocycles. The highest BCUT2D eigenvalue weighted by atomic mass is 19.1. The number of ether oxygens (including phenoxy) is 4. The monoisotopic (exact) mass is 348 g/mol. The second-order valence-electron chi connectivity index (χ2n) is 5.39. The largest absolute Gasteiger partial charge is 0.497 e. The normalized spacial score (nSPS) is 14.5. The molecule has 1 fully saturated rings. The number of carboxylic acids is 1. The number of rotatable bonds is 6. The molecule has 0 radical (unpaired) electrons. The highest BCUT2D eigenvalue weighted by Crippen LogP contribution is 2.34. The first-order chi connectivity index (χ1) is 12.1. The highest BCUT2D eigenvalue weighted by Gasteiger charge is 2.26. The zero-order valence-corrected chi connectivity index (χ0v) is 13.5. The van der Waals surface area contributed by atoms with Crippen LogP contribution in [0, 0.1) is 5.82 Å². The van der Waals surface area contributed by atoms with Crippen LogP contribution in [0.1, 0.15) is 27.8 Å². The van der Waals surface area contributed by atoms with E-state index in [4.69, 9.17) is 24.1 Å². The van der Waals surface area contributed by atoms with Gasteiger partial charge >= 0.3 is 5.97 Å². The fourth-order valence-corrected chi connectivity index (χ4v) is 2.47. The SMILES string of the molecule is COc1ccc(COc2cc(F)c(C(=O)O)cc2C2OCCO2)cc1. The molecule has 0 saturated carbocycles. The summed E-state index contributed by atoms with van der Waals surface area (Å²) in [6.45, 7) is 0.931. The second kappa shape index (κ2) is 7.50. The van der Waals surface area contributed by atoms with Gasteiger partial charge in [-0.3, -0.25) is 0 Å². The summed E-state index contributed by atoms with van der Waals surface area (Å²) >= 11 is 0. The van der Waals surface area contributed by atoms with Gasteiger partial charge in [0, 0.05) is 6.07 Å². The molecule has 132 valence electrons. The summed E-state index contributed by atoms with van der Waals surface area (Å²) in [5.74, 6) is -1.34. The molecule has 0 aliphatic carbocycles. The molecule has 3 rings (SSSR count). The maximum atomic E-state index is 14.0. The number of methoxy groups -OCH3 is 1. The molecule has 1 aliphatic rings. The van der Waals surface area contributed by atoms with E-state index < -0.39 is 23.6 Å². The third-order valence-corrected chi connectivity index (χ3v) is 3.76. The smallest absolute Gasteiger partial charge is 0.338 e. The third-order valence-electron chi connectivity index (χ3n) is 3.76. The Morgan fingerprint density at radius 3 is 2.52 bits per heavy atom. The molecule has 1 N–H and O–H groups in total. The average Bonchev–Trinajstić information content (AvgIpc) is 3.14. The minimum Gasteiger partial charge on any atom is -0.497 e. The number of carbonyl (C=O) groups is 1. The van der Waals surface area contributed by atoms with Crippen LogP contribution in [0.15, 0.2) is 36.4 Å². The Bertz CT molecular complexity index is 753. The molecule has 0 unspecified atom stereocenters. The minimum atomic E-state index is -1.36. The lowest BCUT2D eigenvalue weighted by Crippen LogP contribution is -2.09. The number of carboxylic acid groups (broad SMARTS) is 1. The molecule has 0 bridgehead atoms. The Labute approximate surface area is 143 Å². The Morgan fingerprint density at radius 1 is 1.24 bits per heavy atom. The van der Waals surface area contributed by atoms with Crippen molar-refractivity contribution in [1.82, 2.24) is 0 Å². The summed E-state index contributed by atoms with van der Waals surface area (Å²) in [4.78, 5) is 11.2. The van der Waals surface area contributed by atoms with Crippen molar-refractivity contribution in [3.05, 3.63) is 58.9 Å². The van der Waals surface area contributed by atoms with Gasteiger partial charge in [0.05, 0.1) is 31.5 Å². The highest BCUT2D eigenvalue weighted by molar-refractivity contribution is 5.88. The fraction of sp³-hybridized carbons (Fsp3) is 0.278. The number of hydrogen-bond acceptors (Lipinski definition) is 5. The number of benzene rings is 2. The van der Waals surface area contributed by atoms with Gasteiger partial charge in [-0.05, 0) is 23.8 Å². The van der Waals surface area contributed by atoms with E-state index in [1.807, 2.05) is 12.1 Å². The Morgan fingerprint density at radius 2 is 1.92 bits per heavy atom. The molecule has 2 aromatic rings. The second-order valence-corrected chi connectivity index (χ2v) is 5.39. The maximum absolute atomic E-state index is 14.0. The average molecular weight is 348 g/mol. The molecule has 1 saturated heterocycles. The van der Waals surface area contributed by atoms with Crippen LogP contribution in [-0.4, -0.2) is 31.4 Å². The number of halogens is 1. The van der Waals surface area contributed by atoms with Crippen molar-refractivity contribution in [2.45, 2.75) is 12.9 Å². The van der Waals surface area contributed by atoms with E-state index >= 15 is 0 Å². The summed E-state index contributed by atoms with van der Waals surface area (Å²) in [6, 6.07) is 9.46. The van der Waals surface area contributed by atoms with Gasteiger partial charge in [-0.1, -0.05) is 12.1 Å². The van der Waals surface area contributed by atoms with Gasteiger partial charge in [-0.25, -0.2) is 9.18 Å². The Kier molecular flexibility index (Phi) is 5.16. The van der Waals surface area contributed by atoms with Crippen LogP contribution >= 0.6 is 0 Å². The van der Waals surface area contributed by atoms with E-state index in [-0.39, 0.29) is 12.4 Å². The lowest BCUT2D eigenvalue weighted by atomic mass is 10.1. The van der Waals surface area contributed by atoms with Crippen LogP contribution in [0.5, 0.6) is 11.5 Å². The molecule has 2 aromatic carbocycles. The quantitative estimate of drug-likeness (QED) is 0.864. The summed E-state index contributed by atoms with van der Waals surface area (Å²) in [5.41, 5.74) is 0.749. The van der Waals surface area contributed by atoms with Gasteiger partial charge in [0.2, 0.25) is 0 Å². The van der Waals surface area contributed by atoms with Crippen molar-refractivity contribution in [2.24, 2.45) is 0 Å². The van der Waals surface area contributed by atoms with Crippen LogP contribution in [0.3, 0.4) is 0 Å². The molecule has 6 nitrogen and oxygen atoms in total. The van der Waals surface area contributed by atoms with Crippen LogP contribution < -0.4 is 9.47 Å². The van der Waals surface area contributed by atoms with Crippen molar-refractivity contribution in [3.8, 4) is 11.5 Å². The van der Waals surface area contributed by atoms with E-state index in [2.05, 4.69) is 0 Å². The topological polar surface area (TPSA) is 74.2 Å². The van der Waals surface area contributed by atoms with Crippen LogP contribution in [0.2, 0.25) is 0 Å². The zero-order valence-electron chi connectivity index (χ0n) is 13.5.